The standard InChI is InChI=1S/C23H29ClN2O3/c1-4-5-14-25-23(28)18(3)26(15-19-11-7-8-12-20(19)24)22(27)16-29-21-13-9-6-10-17(21)2/h6-13,18H,4-5,14-16H2,1-3H3,(H,25,28). The van der Waals surface area contributed by atoms with Gasteiger partial charge in [0.2, 0.25) is 5.91 Å². The summed E-state index contributed by atoms with van der Waals surface area (Å²) in [7, 11) is 0. The molecule has 0 spiro atoms. The molecule has 0 saturated heterocycles. The Morgan fingerprint density at radius 3 is 2.52 bits per heavy atom. The van der Waals surface area contributed by atoms with E-state index in [2.05, 4.69) is 12.2 Å². The molecule has 1 N–H and O–H groups in total. The molecule has 1 atom stereocenters. The first kappa shape index (κ1) is 22.8. The van der Waals surface area contributed by atoms with Gasteiger partial charge in [0, 0.05) is 18.1 Å². The number of amides is 2. The van der Waals surface area contributed by atoms with Crippen molar-refractivity contribution in [1.29, 1.82) is 0 Å². The monoisotopic (exact) mass is 416 g/mol. The fourth-order valence-corrected chi connectivity index (χ4v) is 3.07. The van der Waals surface area contributed by atoms with Crippen LogP contribution in [-0.2, 0) is 16.1 Å². The molecular formula is C23H29ClN2O3. The van der Waals surface area contributed by atoms with Gasteiger partial charge in [-0.05, 0) is 43.5 Å². The van der Waals surface area contributed by atoms with Crippen LogP contribution in [0, 0.1) is 6.92 Å². The fraction of sp³-hybridized carbons (Fsp3) is 0.391. The van der Waals surface area contributed by atoms with E-state index in [9.17, 15) is 9.59 Å². The smallest absolute Gasteiger partial charge is 0.261 e. The average molecular weight is 417 g/mol. The van der Waals surface area contributed by atoms with Gasteiger partial charge in [-0.25, -0.2) is 0 Å². The molecule has 5 nitrogen and oxygen atoms in total. The second-order valence-electron chi connectivity index (χ2n) is 6.99. The highest BCUT2D eigenvalue weighted by molar-refractivity contribution is 6.31. The molecule has 2 aromatic carbocycles. The SMILES string of the molecule is CCCCNC(=O)C(C)N(Cc1ccccc1Cl)C(=O)COc1ccccc1C. The van der Waals surface area contributed by atoms with Crippen LogP contribution in [0.4, 0.5) is 0 Å². The van der Waals surface area contributed by atoms with Gasteiger partial charge in [-0.2, -0.15) is 0 Å². The van der Waals surface area contributed by atoms with Gasteiger partial charge in [-0.3, -0.25) is 9.59 Å². The third-order valence-electron chi connectivity index (χ3n) is 4.74. The number of carbonyl (C=O) groups excluding carboxylic acids is 2. The fourth-order valence-electron chi connectivity index (χ4n) is 2.87. The zero-order valence-corrected chi connectivity index (χ0v) is 18.0. The predicted octanol–water partition coefficient (Wildman–Crippen LogP) is 4.36. The quantitative estimate of drug-likeness (QED) is 0.585. The lowest BCUT2D eigenvalue weighted by atomic mass is 10.1. The van der Waals surface area contributed by atoms with Gasteiger partial charge in [0.05, 0.1) is 0 Å². The van der Waals surface area contributed by atoms with E-state index in [-0.39, 0.29) is 25.0 Å². The molecule has 0 aromatic heterocycles. The van der Waals surface area contributed by atoms with E-state index in [1.165, 1.54) is 4.90 Å². The van der Waals surface area contributed by atoms with Gasteiger partial charge in [0.25, 0.3) is 5.91 Å². The largest absolute Gasteiger partial charge is 0.484 e. The molecule has 0 radical (unpaired) electrons. The Balaban J connectivity index is 2.14. The second kappa shape index (κ2) is 11.5. The summed E-state index contributed by atoms with van der Waals surface area (Å²) in [5.74, 6) is 0.194. The van der Waals surface area contributed by atoms with Gasteiger partial charge < -0.3 is 15.0 Å². The molecule has 2 amide bonds. The molecule has 156 valence electrons. The lowest BCUT2D eigenvalue weighted by Crippen LogP contribution is -2.49. The van der Waals surface area contributed by atoms with Crippen molar-refractivity contribution in [2.45, 2.75) is 46.2 Å². The number of rotatable bonds is 10. The van der Waals surface area contributed by atoms with E-state index in [0.717, 1.165) is 24.0 Å². The summed E-state index contributed by atoms with van der Waals surface area (Å²) in [5, 5.41) is 3.45. The van der Waals surface area contributed by atoms with Crippen LogP contribution in [-0.4, -0.2) is 35.9 Å². The van der Waals surface area contributed by atoms with E-state index in [1.54, 1.807) is 13.0 Å². The van der Waals surface area contributed by atoms with Gasteiger partial charge in [-0.1, -0.05) is 61.3 Å². The summed E-state index contributed by atoms with van der Waals surface area (Å²) in [6.07, 6.45) is 1.88. The summed E-state index contributed by atoms with van der Waals surface area (Å²) < 4.78 is 5.72. The molecule has 0 aliphatic carbocycles. The Bertz CT molecular complexity index is 825. The van der Waals surface area contributed by atoms with Crippen LogP contribution in [0.2, 0.25) is 5.02 Å². The number of hydrogen-bond donors (Lipinski definition) is 1. The highest BCUT2D eigenvalue weighted by Gasteiger charge is 2.27. The van der Waals surface area contributed by atoms with Crippen LogP contribution >= 0.6 is 11.6 Å². The lowest BCUT2D eigenvalue weighted by molar-refractivity contribution is -0.142. The molecule has 0 bridgehead atoms. The number of ether oxygens (including phenoxy) is 1. The average Bonchev–Trinajstić information content (AvgIpc) is 2.72. The molecule has 6 heteroatoms. The molecule has 0 heterocycles. The summed E-state index contributed by atoms with van der Waals surface area (Å²) in [6, 6.07) is 14.2. The molecule has 2 rings (SSSR count). The van der Waals surface area contributed by atoms with Gasteiger partial charge in [0.1, 0.15) is 11.8 Å². The minimum absolute atomic E-state index is 0.151. The van der Waals surface area contributed by atoms with Crippen molar-refractivity contribution in [2.24, 2.45) is 0 Å². The Morgan fingerprint density at radius 2 is 1.83 bits per heavy atom. The number of nitrogens with zero attached hydrogens (tertiary/aromatic N) is 1. The number of nitrogens with one attached hydrogen (secondary N) is 1. The van der Waals surface area contributed by atoms with Crippen LogP contribution in [0.1, 0.15) is 37.8 Å². The Morgan fingerprint density at radius 1 is 1.14 bits per heavy atom. The van der Waals surface area contributed by atoms with E-state index in [0.29, 0.717) is 17.3 Å². The van der Waals surface area contributed by atoms with Crippen molar-refractivity contribution in [3.05, 3.63) is 64.7 Å². The third-order valence-corrected chi connectivity index (χ3v) is 5.11. The maximum atomic E-state index is 13.0. The molecule has 0 aliphatic rings. The van der Waals surface area contributed by atoms with Crippen LogP contribution in [0.5, 0.6) is 5.75 Å². The molecule has 29 heavy (non-hydrogen) atoms. The second-order valence-corrected chi connectivity index (χ2v) is 7.39. The summed E-state index contributed by atoms with van der Waals surface area (Å²) >= 11 is 6.28. The van der Waals surface area contributed by atoms with Crippen LogP contribution in [0.15, 0.2) is 48.5 Å². The van der Waals surface area contributed by atoms with Gasteiger partial charge in [-0.15, -0.1) is 0 Å². The lowest BCUT2D eigenvalue weighted by Gasteiger charge is -2.29. The van der Waals surface area contributed by atoms with E-state index < -0.39 is 6.04 Å². The highest BCUT2D eigenvalue weighted by atomic mass is 35.5. The number of unbranched alkanes of at least 4 members (excludes halogenated alkanes) is 1. The van der Waals surface area contributed by atoms with Gasteiger partial charge in [0.15, 0.2) is 6.61 Å². The van der Waals surface area contributed by atoms with Crippen molar-refractivity contribution >= 4 is 23.4 Å². The molecular weight excluding hydrogens is 388 g/mol. The number of carbonyl (C=O) groups is 2. The highest BCUT2D eigenvalue weighted by Crippen LogP contribution is 2.20. The number of aryl methyl sites for hydroxylation is 1. The Hall–Kier alpha value is -2.53. The van der Waals surface area contributed by atoms with Crippen molar-refractivity contribution in [2.75, 3.05) is 13.2 Å². The van der Waals surface area contributed by atoms with E-state index in [4.69, 9.17) is 16.3 Å². The van der Waals surface area contributed by atoms with Crippen LogP contribution < -0.4 is 10.1 Å². The van der Waals surface area contributed by atoms with Crippen LogP contribution in [0.3, 0.4) is 0 Å². The maximum Gasteiger partial charge on any atom is 0.261 e. The summed E-state index contributed by atoms with van der Waals surface area (Å²) in [4.78, 5) is 27.1. The van der Waals surface area contributed by atoms with Crippen molar-refractivity contribution in [3.63, 3.8) is 0 Å². The minimum atomic E-state index is -0.643. The first-order valence-electron chi connectivity index (χ1n) is 9.93. The zero-order chi connectivity index (χ0) is 21.2. The molecule has 0 aliphatic heterocycles. The summed E-state index contributed by atoms with van der Waals surface area (Å²) in [5.41, 5.74) is 1.73. The zero-order valence-electron chi connectivity index (χ0n) is 17.3. The molecule has 0 saturated carbocycles. The van der Waals surface area contributed by atoms with Crippen molar-refractivity contribution in [1.82, 2.24) is 10.2 Å². The van der Waals surface area contributed by atoms with Gasteiger partial charge >= 0.3 is 0 Å². The number of benzene rings is 2. The Labute approximate surface area is 178 Å². The number of hydrogen-bond acceptors (Lipinski definition) is 3. The first-order valence-corrected chi connectivity index (χ1v) is 10.3. The topological polar surface area (TPSA) is 58.6 Å². The van der Waals surface area contributed by atoms with E-state index >= 15 is 0 Å². The Kier molecular flexibility index (Phi) is 9.00. The maximum absolute atomic E-state index is 13.0. The summed E-state index contributed by atoms with van der Waals surface area (Å²) in [6.45, 7) is 6.38. The first-order chi connectivity index (χ1) is 13.9. The van der Waals surface area contributed by atoms with E-state index in [1.807, 2.05) is 49.4 Å². The molecule has 0 fully saturated rings. The minimum Gasteiger partial charge on any atom is -0.484 e. The molecule has 1 unspecified atom stereocenters. The number of halogens is 1. The van der Waals surface area contributed by atoms with Crippen molar-refractivity contribution < 1.29 is 14.3 Å². The van der Waals surface area contributed by atoms with Crippen LogP contribution in [0.25, 0.3) is 0 Å². The predicted molar refractivity (Wildman–Crippen MR) is 116 cm³/mol. The van der Waals surface area contributed by atoms with Crippen molar-refractivity contribution in [3.8, 4) is 5.75 Å². The normalized spacial score (nSPS) is 11.6. The molecule has 2 aromatic rings. The third kappa shape index (κ3) is 6.79. The number of para-hydroxylation sites is 1.